The zero-order valence-corrected chi connectivity index (χ0v) is 12.0. The highest BCUT2D eigenvalue weighted by molar-refractivity contribution is 5.96. The molecule has 110 valence electrons. The first kappa shape index (κ1) is 13.8. The summed E-state index contributed by atoms with van der Waals surface area (Å²) in [5.74, 6) is -0.127. The van der Waals surface area contributed by atoms with Crippen molar-refractivity contribution < 1.29 is 9.59 Å². The summed E-state index contributed by atoms with van der Waals surface area (Å²) in [6, 6.07) is 5.67. The van der Waals surface area contributed by atoms with E-state index in [0.717, 1.165) is 23.4 Å². The van der Waals surface area contributed by atoms with Crippen molar-refractivity contribution in [3.63, 3.8) is 0 Å². The molecule has 0 aromatic heterocycles. The molecule has 1 aromatic rings. The van der Waals surface area contributed by atoms with Gasteiger partial charge in [0, 0.05) is 30.9 Å². The fourth-order valence-electron chi connectivity index (χ4n) is 2.96. The largest absolute Gasteiger partial charge is 0.326 e. The van der Waals surface area contributed by atoms with Crippen LogP contribution in [-0.2, 0) is 16.0 Å². The summed E-state index contributed by atoms with van der Waals surface area (Å²) in [5.41, 5.74) is 8.59. The minimum atomic E-state index is -0.151. The third-order valence-corrected chi connectivity index (χ3v) is 4.08. The summed E-state index contributed by atoms with van der Waals surface area (Å²) in [7, 11) is 0. The van der Waals surface area contributed by atoms with E-state index in [1.54, 1.807) is 11.8 Å². The Hall–Kier alpha value is -2.14. The number of carbonyl (C=O) groups excluding carboxylic acids is 2. The lowest BCUT2D eigenvalue weighted by atomic mass is 10.1. The van der Waals surface area contributed by atoms with Gasteiger partial charge in [-0.15, -0.1) is 0 Å². The number of hydrogen-bond acceptors (Lipinski definition) is 3. The van der Waals surface area contributed by atoms with E-state index < -0.39 is 0 Å². The van der Waals surface area contributed by atoms with Crippen LogP contribution in [0.15, 0.2) is 30.4 Å². The van der Waals surface area contributed by atoms with Crippen LogP contribution in [0.25, 0.3) is 0 Å². The zero-order valence-electron chi connectivity index (χ0n) is 12.0. The van der Waals surface area contributed by atoms with Crippen molar-refractivity contribution in [2.45, 2.75) is 25.8 Å². The Balaban J connectivity index is 1.72. The topological polar surface area (TPSA) is 75.4 Å². The van der Waals surface area contributed by atoms with E-state index in [9.17, 15) is 9.59 Å². The first-order chi connectivity index (χ1) is 10.0. The van der Waals surface area contributed by atoms with Crippen molar-refractivity contribution in [3.05, 3.63) is 35.9 Å². The molecule has 1 aromatic carbocycles. The maximum Gasteiger partial charge on any atom is 0.231 e. The fourth-order valence-corrected chi connectivity index (χ4v) is 2.96. The van der Waals surface area contributed by atoms with E-state index in [-0.39, 0.29) is 23.8 Å². The molecule has 0 bridgehead atoms. The van der Waals surface area contributed by atoms with Crippen molar-refractivity contribution in [1.29, 1.82) is 0 Å². The van der Waals surface area contributed by atoms with Crippen LogP contribution in [0.5, 0.6) is 0 Å². The van der Waals surface area contributed by atoms with Gasteiger partial charge < -0.3 is 16.0 Å². The quantitative estimate of drug-likeness (QED) is 0.807. The molecule has 3 N–H and O–H groups in total. The molecular weight excluding hydrogens is 266 g/mol. The molecule has 2 aliphatic rings. The van der Waals surface area contributed by atoms with Gasteiger partial charge in [0.2, 0.25) is 11.8 Å². The third kappa shape index (κ3) is 2.69. The van der Waals surface area contributed by atoms with Crippen LogP contribution in [0.1, 0.15) is 18.9 Å². The number of hydrogen-bond donors (Lipinski definition) is 2. The molecule has 2 amide bonds. The molecule has 5 nitrogen and oxygen atoms in total. The monoisotopic (exact) mass is 285 g/mol. The van der Waals surface area contributed by atoms with Gasteiger partial charge in [0.05, 0.1) is 5.92 Å². The smallest absolute Gasteiger partial charge is 0.231 e. The van der Waals surface area contributed by atoms with E-state index in [0.29, 0.717) is 13.0 Å². The molecule has 0 saturated carbocycles. The van der Waals surface area contributed by atoms with Gasteiger partial charge in [0.25, 0.3) is 0 Å². The van der Waals surface area contributed by atoms with E-state index >= 15 is 0 Å². The molecule has 1 heterocycles. The van der Waals surface area contributed by atoms with Gasteiger partial charge in [-0.25, -0.2) is 0 Å². The molecule has 0 radical (unpaired) electrons. The Morgan fingerprint density at radius 3 is 2.81 bits per heavy atom. The van der Waals surface area contributed by atoms with Crippen LogP contribution in [0, 0.1) is 5.92 Å². The van der Waals surface area contributed by atoms with Crippen LogP contribution < -0.4 is 16.0 Å². The van der Waals surface area contributed by atoms with E-state index in [1.807, 2.05) is 30.4 Å². The highest BCUT2D eigenvalue weighted by atomic mass is 16.2. The lowest BCUT2D eigenvalue weighted by Gasteiger charge is -2.15. The highest BCUT2D eigenvalue weighted by Gasteiger charge is 2.25. The molecule has 2 unspecified atom stereocenters. The Morgan fingerprint density at radius 2 is 2.14 bits per heavy atom. The highest BCUT2D eigenvalue weighted by Crippen LogP contribution is 2.31. The average molecular weight is 285 g/mol. The van der Waals surface area contributed by atoms with Crippen LogP contribution in [0.2, 0.25) is 0 Å². The SMILES string of the molecule is CC(=O)N1CCc2cc(NC(=O)C3C=CC(N)C3)ccc21. The van der Waals surface area contributed by atoms with Crippen molar-refractivity contribution in [2.75, 3.05) is 16.8 Å². The lowest BCUT2D eigenvalue weighted by Crippen LogP contribution is -2.25. The number of amides is 2. The number of nitrogens with two attached hydrogens (primary N) is 1. The van der Waals surface area contributed by atoms with Gasteiger partial charge in [-0.1, -0.05) is 12.2 Å². The van der Waals surface area contributed by atoms with Gasteiger partial charge in [-0.2, -0.15) is 0 Å². The van der Waals surface area contributed by atoms with E-state index in [1.165, 1.54) is 0 Å². The second-order valence-corrected chi connectivity index (χ2v) is 5.64. The van der Waals surface area contributed by atoms with Gasteiger partial charge in [-0.05, 0) is 36.6 Å². The molecular formula is C16H19N3O2. The summed E-state index contributed by atoms with van der Waals surface area (Å²) in [6.07, 6.45) is 5.23. The number of nitrogens with one attached hydrogen (secondary N) is 1. The minimum absolute atomic E-state index is 0.0232. The molecule has 1 aliphatic carbocycles. The first-order valence-electron chi connectivity index (χ1n) is 7.20. The summed E-state index contributed by atoms with van der Waals surface area (Å²) in [6.45, 7) is 2.28. The van der Waals surface area contributed by atoms with Crippen molar-refractivity contribution in [3.8, 4) is 0 Å². The molecule has 0 saturated heterocycles. The van der Waals surface area contributed by atoms with Gasteiger partial charge in [0.15, 0.2) is 0 Å². The minimum Gasteiger partial charge on any atom is -0.326 e. The fraction of sp³-hybridized carbons (Fsp3) is 0.375. The van der Waals surface area contributed by atoms with Gasteiger partial charge in [-0.3, -0.25) is 9.59 Å². The number of benzene rings is 1. The molecule has 0 spiro atoms. The lowest BCUT2D eigenvalue weighted by molar-refractivity contribution is -0.118. The molecule has 2 atom stereocenters. The predicted molar refractivity (Wildman–Crippen MR) is 82.0 cm³/mol. The summed E-state index contributed by atoms with van der Waals surface area (Å²) >= 11 is 0. The average Bonchev–Trinajstić information content (AvgIpc) is 3.04. The molecule has 3 rings (SSSR count). The maximum atomic E-state index is 12.2. The number of nitrogens with zero attached hydrogens (tertiary/aromatic N) is 1. The Kier molecular flexibility index (Phi) is 3.51. The van der Waals surface area contributed by atoms with Gasteiger partial charge in [0.1, 0.15) is 0 Å². The number of rotatable bonds is 2. The van der Waals surface area contributed by atoms with Gasteiger partial charge >= 0.3 is 0 Å². The van der Waals surface area contributed by atoms with E-state index in [4.69, 9.17) is 5.73 Å². The summed E-state index contributed by atoms with van der Waals surface area (Å²) in [5, 5.41) is 2.93. The van der Waals surface area contributed by atoms with Crippen LogP contribution in [0.4, 0.5) is 11.4 Å². The normalized spacial score (nSPS) is 23.2. The zero-order chi connectivity index (χ0) is 15.0. The first-order valence-corrected chi connectivity index (χ1v) is 7.20. The van der Waals surface area contributed by atoms with Crippen LogP contribution >= 0.6 is 0 Å². The Bertz CT molecular complexity index is 624. The predicted octanol–water partition coefficient (Wildman–Crippen LogP) is 1.44. The summed E-state index contributed by atoms with van der Waals surface area (Å²) in [4.78, 5) is 25.4. The maximum absolute atomic E-state index is 12.2. The molecule has 5 heteroatoms. The number of fused-ring (bicyclic) bond motifs is 1. The standard InChI is InChI=1S/C16H19N3O2/c1-10(20)19-7-6-11-9-14(4-5-15(11)19)18-16(21)12-2-3-13(17)8-12/h2-5,9,12-13H,6-8,17H2,1H3,(H,18,21). The van der Waals surface area contributed by atoms with Crippen LogP contribution in [-0.4, -0.2) is 24.4 Å². The number of anilines is 2. The van der Waals surface area contributed by atoms with Crippen LogP contribution in [0.3, 0.4) is 0 Å². The summed E-state index contributed by atoms with van der Waals surface area (Å²) < 4.78 is 0. The number of carbonyl (C=O) groups is 2. The molecule has 21 heavy (non-hydrogen) atoms. The molecule has 1 aliphatic heterocycles. The van der Waals surface area contributed by atoms with Crippen molar-refractivity contribution >= 4 is 23.2 Å². The second kappa shape index (κ2) is 5.33. The Morgan fingerprint density at radius 1 is 1.33 bits per heavy atom. The van der Waals surface area contributed by atoms with Crippen molar-refractivity contribution in [2.24, 2.45) is 11.7 Å². The Labute approximate surface area is 123 Å². The third-order valence-electron chi connectivity index (χ3n) is 4.08. The molecule has 0 fully saturated rings. The van der Waals surface area contributed by atoms with E-state index in [2.05, 4.69) is 5.32 Å². The van der Waals surface area contributed by atoms with Crippen molar-refractivity contribution in [1.82, 2.24) is 0 Å². The second-order valence-electron chi connectivity index (χ2n) is 5.64.